The van der Waals surface area contributed by atoms with Crippen LogP contribution in [0.5, 0.6) is 0 Å². The summed E-state index contributed by atoms with van der Waals surface area (Å²) < 4.78 is 4.68. The number of carbonyl (C=O) groups is 1. The maximum Gasteiger partial charge on any atom is 0.328 e. The summed E-state index contributed by atoms with van der Waals surface area (Å²) in [5, 5.41) is 9.14. The molecule has 1 rings (SSSR count). The van der Waals surface area contributed by atoms with Crippen LogP contribution >= 0.6 is 11.6 Å². The van der Waals surface area contributed by atoms with E-state index in [2.05, 4.69) is 16.8 Å². The van der Waals surface area contributed by atoms with E-state index in [1.807, 2.05) is 0 Å². The molecular weight excluding hydrogens is 252 g/mol. The van der Waals surface area contributed by atoms with Crippen molar-refractivity contribution >= 4 is 23.1 Å². The standard InChI is InChI=1S/C14H11ClO3/c1-18-10-9-11(3-2-4-14(16)17)12-5-7-13(15)8-6-12/h2-8H,1H3,(H,16,17)/b4-2-,11-3+. The van der Waals surface area contributed by atoms with Gasteiger partial charge < -0.3 is 9.84 Å². The summed E-state index contributed by atoms with van der Waals surface area (Å²) in [4.78, 5) is 10.4. The van der Waals surface area contributed by atoms with Crippen LogP contribution in [0.15, 0.2) is 42.5 Å². The third kappa shape index (κ3) is 4.77. The Morgan fingerprint density at radius 1 is 1.39 bits per heavy atom. The molecule has 0 aliphatic rings. The van der Waals surface area contributed by atoms with Crippen molar-refractivity contribution in [3.63, 3.8) is 0 Å². The van der Waals surface area contributed by atoms with Gasteiger partial charge in [-0.2, -0.15) is 0 Å². The van der Waals surface area contributed by atoms with E-state index in [1.54, 1.807) is 30.3 Å². The Labute approximate surface area is 110 Å². The topological polar surface area (TPSA) is 46.5 Å². The zero-order valence-electron chi connectivity index (χ0n) is 9.68. The van der Waals surface area contributed by atoms with Crippen LogP contribution in [0.2, 0.25) is 5.02 Å². The van der Waals surface area contributed by atoms with Gasteiger partial charge in [0.25, 0.3) is 0 Å². The first-order chi connectivity index (χ1) is 8.63. The Bertz CT molecular complexity index is 530. The number of carboxylic acids is 1. The zero-order chi connectivity index (χ0) is 13.4. The van der Waals surface area contributed by atoms with E-state index in [0.717, 1.165) is 11.6 Å². The fourth-order valence-corrected chi connectivity index (χ4v) is 1.30. The van der Waals surface area contributed by atoms with Gasteiger partial charge in [-0.3, -0.25) is 0 Å². The van der Waals surface area contributed by atoms with Crippen molar-refractivity contribution in [2.75, 3.05) is 7.11 Å². The van der Waals surface area contributed by atoms with Gasteiger partial charge >= 0.3 is 5.97 Å². The van der Waals surface area contributed by atoms with E-state index in [1.165, 1.54) is 13.2 Å². The van der Waals surface area contributed by atoms with Crippen LogP contribution in [0.4, 0.5) is 0 Å². The summed E-state index contributed by atoms with van der Waals surface area (Å²) >= 11 is 5.79. The number of ether oxygens (including phenoxy) is 1. The quantitative estimate of drug-likeness (QED) is 0.517. The number of carboxylic acid groups (broad SMARTS) is 1. The highest BCUT2D eigenvalue weighted by atomic mass is 35.5. The molecule has 0 atom stereocenters. The molecule has 0 fully saturated rings. The maximum atomic E-state index is 10.4. The molecule has 92 valence electrons. The SMILES string of the molecule is COC#C/C(=C\C=C/C(=O)O)c1ccc(Cl)cc1. The lowest BCUT2D eigenvalue weighted by Crippen LogP contribution is -1.85. The zero-order valence-corrected chi connectivity index (χ0v) is 10.4. The molecule has 0 amide bonds. The van der Waals surface area contributed by atoms with Gasteiger partial charge in [0.1, 0.15) is 6.11 Å². The summed E-state index contributed by atoms with van der Waals surface area (Å²) in [6.07, 6.45) is 6.51. The highest BCUT2D eigenvalue weighted by Crippen LogP contribution is 2.17. The number of halogens is 1. The molecule has 0 aromatic heterocycles. The van der Waals surface area contributed by atoms with Crippen molar-refractivity contribution < 1.29 is 14.6 Å². The predicted molar refractivity (Wildman–Crippen MR) is 71.0 cm³/mol. The first-order valence-electron chi connectivity index (χ1n) is 5.04. The van der Waals surface area contributed by atoms with E-state index in [4.69, 9.17) is 16.7 Å². The Hall–Kier alpha value is -2.18. The van der Waals surface area contributed by atoms with Crippen LogP contribution in [0, 0.1) is 12.0 Å². The van der Waals surface area contributed by atoms with Gasteiger partial charge in [0.2, 0.25) is 0 Å². The number of aliphatic carboxylic acids is 1. The molecule has 0 saturated heterocycles. The molecule has 0 unspecified atom stereocenters. The van der Waals surface area contributed by atoms with Crippen LogP contribution in [-0.2, 0) is 9.53 Å². The molecular formula is C14H11ClO3. The van der Waals surface area contributed by atoms with Gasteiger partial charge in [-0.25, -0.2) is 4.79 Å². The first-order valence-corrected chi connectivity index (χ1v) is 5.42. The lowest BCUT2D eigenvalue weighted by Gasteiger charge is -1.99. The molecule has 0 aliphatic carbocycles. The largest absolute Gasteiger partial charge is 0.478 e. The van der Waals surface area contributed by atoms with Crippen molar-refractivity contribution in [3.05, 3.63) is 53.1 Å². The van der Waals surface area contributed by atoms with Crippen molar-refractivity contribution in [2.24, 2.45) is 0 Å². The summed E-state index contributed by atoms with van der Waals surface area (Å²) in [6, 6.07) is 7.07. The van der Waals surface area contributed by atoms with Gasteiger partial charge in [-0.1, -0.05) is 29.8 Å². The second-order valence-electron chi connectivity index (χ2n) is 3.22. The first kappa shape index (κ1) is 13.9. The number of methoxy groups -OCH3 is 1. The fraction of sp³-hybridized carbons (Fsp3) is 0.0714. The van der Waals surface area contributed by atoms with Crippen LogP contribution < -0.4 is 0 Å². The van der Waals surface area contributed by atoms with E-state index in [-0.39, 0.29) is 0 Å². The maximum absolute atomic E-state index is 10.4. The number of benzene rings is 1. The van der Waals surface area contributed by atoms with Crippen molar-refractivity contribution in [3.8, 4) is 12.0 Å². The van der Waals surface area contributed by atoms with Crippen molar-refractivity contribution in [1.82, 2.24) is 0 Å². The predicted octanol–water partition coefficient (Wildman–Crippen LogP) is 2.97. The Kier molecular flexibility index (Phi) is 5.56. The van der Waals surface area contributed by atoms with Crippen molar-refractivity contribution in [2.45, 2.75) is 0 Å². The van der Waals surface area contributed by atoms with E-state index >= 15 is 0 Å². The van der Waals surface area contributed by atoms with Crippen LogP contribution in [-0.4, -0.2) is 18.2 Å². The number of rotatable bonds is 3. The van der Waals surface area contributed by atoms with Crippen molar-refractivity contribution in [1.29, 1.82) is 0 Å². The molecule has 4 heteroatoms. The monoisotopic (exact) mass is 262 g/mol. The molecule has 0 spiro atoms. The van der Waals surface area contributed by atoms with Crippen LogP contribution in [0.25, 0.3) is 5.57 Å². The van der Waals surface area contributed by atoms with Gasteiger partial charge in [-0.15, -0.1) is 0 Å². The highest BCUT2D eigenvalue weighted by molar-refractivity contribution is 6.30. The number of hydrogen-bond acceptors (Lipinski definition) is 2. The number of allylic oxidation sites excluding steroid dienone is 3. The average Bonchev–Trinajstić information content (AvgIpc) is 2.34. The third-order valence-corrected chi connectivity index (χ3v) is 2.20. The van der Waals surface area contributed by atoms with Gasteiger partial charge in [-0.05, 0) is 29.7 Å². The minimum Gasteiger partial charge on any atom is -0.478 e. The second kappa shape index (κ2) is 7.21. The van der Waals surface area contributed by atoms with Gasteiger partial charge in [0.05, 0.1) is 7.11 Å². The summed E-state index contributed by atoms with van der Waals surface area (Å²) in [6.45, 7) is 0. The van der Waals surface area contributed by atoms with Gasteiger partial charge in [0.15, 0.2) is 0 Å². The van der Waals surface area contributed by atoms with E-state index in [0.29, 0.717) is 10.6 Å². The molecule has 0 heterocycles. The lowest BCUT2D eigenvalue weighted by atomic mass is 10.1. The fourth-order valence-electron chi connectivity index (χ4n) is 1.17. The second-order valence-corrected chi connectivity index (χ2v) is 3.65. The lowest BCUT2D eigenvalue weighted by molar-refractivity contribution is -0.131. The normalized spacial score (nSPS) is 10.9. The van der Waals surface area contributed by atoms with Crippen LogP contribution in [0.3, 0.4) is 0 Å². The molecule has 0 saturated carbocycles. The van der Waals surface area contributed by atoms with Crippen LogP contribution in [0.1, 0.15) is 5.56 Å². The van der Waals surface area contributed by atoms with Gasteiger partial charge in [0, 0.05) is 16.7 Å². The molecule has 1 aromatic rings. The minimum atomic E-state index is -1.01. The minimum absolute atomic E-state index is 0.624. The third-order valence-electron chi connectivity index (χ3n) is 1.94. The number of hydrogen-bond donors (Lipinski definition) is 1. The molecule has 1 N–H and O–H groups in total. The Morgan fingerprint density at radius 3 is 2.61 bits per heavy atom. The molecule has 18 heavy (non-hydrogen) atoms. The smallest absolute Gasteiger partial charge is 0.328 e. The highest BCUT2D eigenvalue weighted by Gasteiger charge is 1.97. The summed E-state index contributed by atoms with van der Waals surface area (Å²) in [5.41, 5.74) is 1.48. The van der Waals surface area contributed by atoms with E-state index < -0.39 is 5.97 Å². The Balaban J connectivity index is 3.05. The Morgan fingerprint density at radius 2 is 2.06 bits per heavy atom. The average molecular weight is 263 g/mol. The molecule has 0 aliphatic heterocycles. The molecule has 0 bridgehead atoms. The summed E-state index contributed by atoms with van der Waals surface area (Å²) in [7, 11) is 1.46. The van der Waals surface area contributed by atoms with E-state index in [9.17, 15) is 4.79 Å². The molecule has 0 radical (unpaired) electrons. The molecule has 1 aromatic carbocycles. The summed E-state index contributed by atoms with van der Waals surface area (Å²) in [5.74, 6) is 1.77. The molecule has 3 nitrogen and oxygen atoms in total.